The normalized spacial score (nSPS) is 11.4. The molecule has 1 aromatic heterocycles. The van der Waals surface area contributed by atoms with E-state index < -0.39 is 0 Å². The van der Waals surface area contributed by atoms with Crippen molar-refractivity contribution >= 4 is 41.3 Å². The van der Waals surface area contributed by atoms with Gasteiger partial charge in [0, 0.05) is 42.9 Å². The maximum atomic E-state index is 5.82. The number of hydrogen-bond donors (Lipinski definition) is 0. The van der Waals surface area contributed by atoms with Crippen LogP contribution >= 0.6 is 23.2 Å². The van der Waals surface area contributed by atoms with Crippen molar-refractivity contribution in [2.24, 2.45) is 10.2 Å². The minimum Gasteiger partial charge on any atom is -0.369 e. The summed E-state index contributed by atoms with van der Waals surface area (Å²) in [5.41, 5.74) is 3.05. The third-order valence-corrected chi connectivity index (χ3v) is 3.49. The zero-order valence-electron chi connectivity index (χ0n) is 12.6. The first-order valence-corrected chi connectivity index (χ1v) is 8.34. The van der Waals surface area contributed by atoms with Crippen molar-refractivity contribution < 1.29 is 0 Å². The average molecular weight is 349 g/mol. The highest BCUT2D eigenvalue weighted by atomic mass is 35.5. The minimum atomic E-state index is 0.573. The van der Waals surface area contributed by atoms with Gasteiger partial charge in [-0.1, -0.05) is 12.1 Å². The third-order valence-electron chi connectivity index (χ3n) is 3.15. The largest absolute Gasteiger partial charge is 0.369 e. The fraction of sp³-hybridized carbons (Fsp3) is 0.235. The molecule has 2 aromatic rings. The first kappa shape index (κ1) is 17.4. The van der Waals surface area contributed by atoms with Crippen LogP contribution in [0.1, 0.15) is 11.1 Å². The van der Waals surface area contributed by atoms with Gasteiger partial charge < -0.3 is 4.90 Å². The maximum absolute atomic E-state index is 5.82. The lowest BCUT2D eigenvalue weighted by molar-refractivity contribution is 0.874. The standard InChI is InChI=1S/C17H18Cl2N4/c18-7-11-23(12-8-19)17-3-1-15(2-4-17)13-21-22-14-16-5-9-20-10-6-16/h1-6,9-10,13-14H,7-8,11-12H2/b21-13+,22-14-. The van der Waals surface area contributed by atoms with Gasteiger partial charge in [-0.2, -0.15) is 10.2 Å². The predicted molar refractivity (Wildman–Crippen MR) is 99.5 cm³/mol. The SMILES string of the molecule is ClCCN(CCCl)c1ccc(/C=N/N=C\c2ccncc2)cc1. The smallest absolute Gasteiger partial charge is 0.0569 e. The highest BCUT2D eigenvalue weighted by molar-refractivity contribution is 6.18. The van der Waals surface area contributed by atoms with E-state index in [-0.39, 0.29) is 0 Å². The molecule has 120 valence electrons. The second-order valence-corrected chi connectivity index (χ2v) is 5.48. The molecule has 0 aliphatic rings. The lowest BCUT2D eigenvalue weighted by atomic mass is 10.2. The summed E-state index contributed by atoms with van der Waals surface area (Å²) in [5, 5.41) is 8.08. The van der Waals surface area contributed by atoms with E-state index >= 15 is 0 Å². The van der Waals surface area contributed by atoms with Crippen LogP contribution in [0.25, 0.3) is 0 Å². The zero-order valence-corrected chi connectivity index (χ0v) is 14.2. The molecule has 1 aromatic carbocycles. The molecule has 0 fully saturated rings. The van der Waals surface area contributed by atoms with Crippen LogP contribution in [0.3, 0.4) is 0 Å². The van der Waals surface area contributed by atoms with Crippen molar-refractivity contribution in [1.82, 2.24) is 4.98 Å². The van der Waals surface area contributed by atoms with Crippen molar-refractivity contribution in [3.63, 3.8) is 0 Å². The van der Waals surface area contributed by atoms with Crippen LogP contribution in [0.15, 0.2) is 59.0 Å². The summed E-state index contributed by atoms with van der Waals surface area (Å²) in [6, 6.07) is 11.8. The molecule has 0 amide bonds. The molecule has 0 spiro atoms. The number of halogens is 2. The van der Waals surface area contributed by atoms with E-state index in [0.717, 1.165) is 29.9 Å². The van der Waals surface area contributed by atoms with Gasteiger partial charge in [-0.05, 0) is 35.4 Å². The van der Waals surface area contributed by atoms with Gasteiger partial charge in [-0.15, -0.1) is 23.2 Å². The summed E-state index contributed by atoms with van der Waals surface area (Å²) in [6.07, 6.45) is 6.85. The van der Waals surface area contributed by atoms with Crippen molar-refractivity contribution in [2.45, 2.75) is 0 Å². The van der Waals surface area contributed by atoms with E-state index in [1.807, 2.05) is 36.4 Å². The Morgan fingerprint density at radius 2 is 1.35 bits per heavy atom. The Morgan fingerprint density at radius 1 is 0.826 bits per heavy atom. The van der Waals surface area contributed by atoms with E-state index in [1.54, 1.807) is 24.8 Å². The number of benzene rings is 1. The Kier molecular flexibility index (Phi) is 7.57. The summed E-state index contributed by atoms with van der Waals surface area (Å²) < 4.78 is 0. The molecule has 0 saturated carbocycles. The molecule has 2 rings (SSSR count). The monoisotopic (exact) mass is 348 g/mol. The highest BCUT2D eigenvalue weighted by Gasteiger charge is 2.04. The van der Waals surface area contributed by atoms with E-state index in [0.29, 0.717) is 11.8 Å². The van der Waals surface area contributed by atoms with Gasteiger partial charge in [0.15, 0.2) is 0 Å². The van der Waals surface area contributed by atoms with Gasteiger partial charge in [-0.25, -0.2) is 0 Å². The van der Waals surface area contributed by atoms with Crippen LogP contribution in [0.4, 0.5) is 5.69 Å². The number of anilines is 1. The molecule has 4 nitrogen and oxygen atoms in total. The Labute approximate surface area is 146 Å². The fourth-order valence-corrected chi connectivity index (χ4v) is 2.40. The number of pyridine rings is 1. The van der Waals surface area contributed by atoms with Crippen LogP contribution < -0.4 is 4.90 Å². The summed E-state index contributed by atoms with van der Waals surface area (Å²) >= 11 is 11.6. The van der Waals surface area contributed by atoms with E-state index in [4.69, 9.17) is 23.2 Å². The fourth-order valence-electron chi connectivity index (χ4n) is 1.99. The summed E-state index contributed by atoms with van der Waals surface area (Å²) in [6.45, 7) is 1.55. The summed E-state index contributed by atoms with van der Waals surface area (Å²) in [4.78, 5) is 6.10. The van der Waals surface area contributed by atoms with Crippen LogP contribution in [-0.2, 0) is 0 Å². The minimum absolute atomic E-state index is 0.573. The Morgan fingerprint density at radius 3 is 1.87 bits per heavy atom. The Balaban J connectivity index is 1.96. The van der Waals surface area contributed by atoms with Crippen LogP contribution in [0, 0.1) is 0 Å². The number of rotatable bonds is 8. The molecule has 0 atom stereocenters. The zero-order chi connectivity index (χ0) is 16.3. The molecule has 0 aliphatic heterocycles. The number of alkyl halides is 2. The van der Waals surface area contributed by atoms with Crippen molar-refractivity contribution in [3.8, 4) is 0 Å². The van der Waals surface area contributed by atoms with Gasteiger partial charge >= 0.3 is 0 Å². The molecule has 1 heterocycles. The second-order valence-electron chi connectivity index (χ2n) is 4.73. The molecular weight excluding hydrogens is 331 g/mol. The first-order valence-electron chi connectivity index (χ1n) is 7.27. The first-order chi connectivity index (χ1) is 11.3. The molecule has 0 N–H and O–H groups in total. The van der Waals surface area contributed by atoms with Crippen molar-refractivity contribution in [2.75, 3.05) is 29.7 Å². The summed E-state index contributed by atoms with van der Waals surface area (Å²) in [5.74, 6) is 1.15. The number of nitrogens with zero attached hydrogens (tertiary/aromatic N) is 4. The Bertz CT molecular complexity index is 621. The molecule has 0 saturated heterocycles. The Hall–Kier alpha value is -1.91. The van der Waals surface area contributed by atoms with E-state index in [9.17, 15) is 0 Å². The number of hydrogen-bond acceptors (Lipinski definition) is 4. The average Bonchev–Trinajstić information content (AvgIpc) is 2.60. The van der Waals surface area contributed by atoms with Crippen LogP contribution in [-0.4, -0.2) is 42.3 Å². The third kappa shape index (κ3) is 6.00. The van der Waals surface area contributed by atoms with Crippen molar-refractivity contribution in [3.05, 3.63) is 59.9 Å². The molecule has 0 bridgehead atoms. The summed E-state index contributed by atoms with van der Waals surface area (Å²) in [7, 11) is 0. The highest BCUT2D eigenvalue weighted by Crippen LogP contribution is 2.15. The lowest BCUT2D eigenvalue weighted by Gasteiger charge is -2.22. The van der Waals surface area contributed by atoms with Gasteiger partial charge in [0.2, 0.25) is 0 Å². The van der Waals surface area contributed by atoms with Crippen LogP contribution in [0.5, 0.6) is 0 Å². The van der Waals surface area contributed by atoms with Crippen LogP contribution in [0.2, 0.25) is 0 Å². The molecule has 0 aliphatic carbocycles. The lowest BCUT2D eigenvalue weighted by Crippen LogP contribution is -2.27. The second kappa shape index (κ2) is 9.98. The molecule has 23 heavy (non-hydrogen) atoms. The number of aromatic nitrogens is 1. The molecular formula is C17H18Cl2N4. The van der Waals surface area contributed by atoms with Crippen molar-refractivity contribution in [1.29, 1.82) is 0 Å². The quantitative estimate of drug-likeness (QED) is 0.413. The maximum Gasteiger partial charge on any atom is 0.0569 e. The predicted octanol–water partition coefficient (Wildman–Crippen LogP) is 3.82. The van der Waals surface area contributed by atoms with Gasteiger partial charge in [-0.3, -0.25) is 4.98 Å². The molecule has 0 radical (unpaired) electrons. The topological polar surface area (TPSA) is 40.9 Å². The van der Waals surface area contributed by atoms with Gasteiger partial charge in [0.05, 0.1) is 12.4 Å². The van der Waals surface area contributed by atoms with E-state index in [1.165, 1.54) is 0 Å². The molecule has 6 heteroatoms. The van der Waals surface area contributed by atoms with E-state index in [2.05, 4.69) is 20.1 Å². The molecule has 0 unspecified atom stereocenters. The van der Waals surface area contributed by atoms with Gasteiger partial charge in [0.25, 0.3) is 0 Å². The van der Waals surface area contributed by atoms with Gasteiger partial charge in [0.1, 0.15) is 0 Å².